The summed E-state index contributed by atoms with van der Waals surface area (Å²) in [5.74, 6) is -1.12. The summed E-state index contributed by atoms with van der Waals surface area (Å²) in [5, 5.41) is 19.9. The van der Waals surface area contributed by atoms with Crippen LogP contribution >= 0.6 is 0 Å². The number of aryl methyl sites for hydroxylation is 1. The fourth-order valence-electron chi connectivity index (χ4n) is 5.16. The number of carbonyl (C=O) groups excluding carboxylic acids is 1. The third-order valence-corrected chi connectivity index (χ3v) is 6.95. The normalized spacial score (nSPS) is 35.8. The van der Waals surface area contributed by atoms with Crippen molar-refractivity contribution in [2.24, 2.45) is 23.2 Å². The number of Topliss-reactive ketones (excluding diaryl/α,β-unsaturated/α-hetero) is 1. The van der Waals surface area contributed by atoms with Crippen molar-refractivity contribution in [2.45, 2.75) is 65.4 Å². The maximum absolute atomic E-state index is 13.1. The van der Waals surface area contributed by atoms with Gasteiger partial charge in [-0.3, -0.25) is 9.59 Å². The van der Waals surface area contributed by atoms with E-state index in [2.05, 4.69) is 13.8 Å². The van der Waals surface area contributed by atoms with Crippen LogP contribution in [0.3, 0.4) is 0 Å². The summed E-state index contributed by atoms with van der Waals surface area (Å²) >= 11 is 0. The summed E-state index contributed by atoms with van der Waals surface area (Å²) in [5.41, 5.74) is 1.50. The largest absolute Gasteiger partial charge is 0.481 e. The number of carboxylic acids is 1. The first-order valence-corrected chi connectivity index (χ1v) is 9.22. The van der Waals surface area contributed by atoms with E-state index in [9.17, 15) is 19.8 Å². The number of carbonyl (C=O) groups is 2. The highest BCUT2D eigenvalue weighted by molar-refractivity contribution is 5.99. The molecular weight excluding hydrogens is 320 g/mol. The summed E-state index contributed by atoms with van der Waals surface area (Å²) in [6.07, 6.45) is 3.68. The molecule has 0 aromatic carbocycles. The van der Waals surface area contributed by atoms with Gasteiger partial charge in [0.15, 0.2) is 5.76 Å². The number of ketones is 1. The molecule has 138 valence electrons. The number of hydrogen-bond donors (Lipinski definition) is 2. The number of carboxylic acid groups (broad SMARTS) is 1. The van der Waals surface area contributed by atoms with Crippen LogP contribution in [0.4, 0.5) is 0 Å². The van der Waals surface area contributed by atoms with Crippen molar-refractivity contribution in [3.05, 3.63) is 23.2 Å². The molecule has 1 aromatic heterocycles. The molecule has 5 nitrogen and oxygen atoms in total. The Morgan fingerprint density at radius 2 is 2.12 bits per heavy atom. The molecule has 5 heteroatoms. The summed E-state index contributed by atoms with van der Waals surface area (Å²) in [6.45, 7) is 7.92. The molecule has 0 bridgehead atoms. The lowest BCUT2D eigenvalue weighted by molar-refractivity contribution is -0.141. The second-order valence-electron chi connectivity index (χ2n) is 8.28. The first-order chi connectivity index (χ1) is 11.7. The Kier molecular flexibility index (Phi) is 4.56. The first-order valence-electron chi connectivity index (χ1n) is 9.22. The molecule has 1 saturated carbocycles. The topological polar surface area (TPSA) is 87.7 Å². The van der Waals surface area contributed by atoms with Gasteiger partial charge in [0, 0.05) is 5.56 Å². The Labute approximate surface area is 148 Å². The van der Waals surface area contributed by atoms with Gasteiger partial charge in [0.05, 0.1) is 24.2 Å². The molecule has 6 atom stereocenters. The molecule has 1 aromatic rings. The van der Waals surface area contributed by atoms with E-state index in [1.54, 1.807) is 13.2 Å². The van der Waals surface area contributed by atoms with Crippen molar-refractivity contribution >= 4 is 11.8 Å². The summed E-state index contributed by atoms with van der Waals surface area (Å²) in [7, 11) is 0. The molecule has 1 fully saturated rings. The average molecular weight is 348 g/mol. The highest BCUT2D eigenvalue weighted by Crippen LogP contribution is 2.60. The van der Waals surface area contributed by atoms with E-state index in [0.717, 1.165) is 17.5 Å². The van der Waals surface area contributed by atoms with Crippen molar-refractivity contribution in [1.82, 2.24) is 0 Å². The quantitative estimate of drug-likeness (QED) is 0.864. The number of fused-ring (bicyclic) bond motifs is 2. The number of aliphatic hydroxyl groups excluding tert-OH is 1. The molecule has 1 unspecified atom stereocenters. The summed E-state index contributed by atoms with van der Waals surface area (Å²) < 4.78 is 5.58. The van der Waals surface area contributed by atoms with Crippen LogP contribution in [-0.2, 0) is 4.79 Å². The van der Waals surface area contributed by atoms with Crippen LogP contribution in [0.5, 0.6) is 0 Å². The van der Waals surface area contributed by atoms with E-state index in [4.69, 9.17) is 4.42 Å². The molecule has 2 N–H and O–H groups in total. The number of furan rings is 1. The molecule has 2 aliphatic carbocycles. The van der Waals surface area contributed by atoms with Crippen LogP contribution in [0.2, 0.25) is 0 Å². The Morgan fingerprint density at radius 3 is 2.76 bits per heavy atom. The molecule has 0 amide bonds. The van der Waals surface area contributed by atoms with Crippen molar-refractivity contribution in [3.8, 4) is 0 Å². The van der Waals surface area contributed by atoms with Crippen LogP contribution in [0.25, 0.3) is 0 Å². The fourth-order valence-corrected chi connectivity index (χ4v) is 5.16. The molecule has 1 heterocycles. The standard InChI is InChI=1S/C20H28O5/c1-10(19(23)24)5-7-13-15-11(2)9-25-18(15)17(22)16-14(21)8-6-12(3)20(13,16)4/h9-10,12-14,16,21H,5-8H2,1-4H3,(H,23,24)/t10?,12-,13+,14-,16-,20-/m0/s1. The molecule has 0 radical (unpaired) electrons. The lowest BCUT2D eigenvalue weighted by Gasteiger charge is -2.54. The minimum absolute atomic E-state index is 0.0238. The van der Waals surface area contributed by atoms with Gasteiger partial charge in [0.2, 0.25) is 5.78 Å². The minimum atomic E-state index is -0.797. The van der Waals surface area contributed by atoms with E-state index in [0.29, 0.717) is 25.0 Å². The van der Waals surface area contributed by atoms with Crippen molar-refractivity contribution in [1.29, 1.82) is 0 Å². The van der Waals surface area contributed by atoms with Crippen LogP contribution in [0, 0.1) is 30.1 Å². The van der Waals surface area contributed by atoms with Gasteiger partial charge in [0.25, 0.3) is 0 Å². The minimum Gasteiger partial charge on any atom is -0.481 e. The fraction of sp³-hybridized carbons (Fsp3) is 0.700. The molecule has 25 heavy (non-hydrogen) atoms. The molecule has 0 aliphatic heterocycles. The van der Waals surface area contributed by atoms with Crippen molar-refractivity contribution in [3.63, 3.8) is 0 Å². The molecular formula is C20H28O5. The Bertz CT molecular complexity index is 690. The highest BCUT2D eigenvalue weighted by atomic mass is 16.4. The number of rotatable bonds is 4. The SMILES string of the molecule is Cc1coc2c1[C@@H](CCC(C)C(=O)O)[C@@]1(C)[C@H](C2=O)[C@@H](O)CC[C@@H]1C. The van der Waals surface area contributed by atoms with E-state index in [1.165, 1.54) is 0 Å². The van der Waals surface area contributed by atoms with Crippen LogP contribution in [0.15, 0.2) is 10.7 Å². The smallest absolute Gasteiger partial charge is 0.306 e. The lowest BCUT2D eigenvalue weighted by atomic mass is 9.49. The third kappa shape index (κ3) is 2.64. The van der Waals surface area contributed by atoms with Gasteiger partial charge >= 0.3 is 5.97 Å². The highest BCUT2D eigenvalue weighted by Gasteiger charge is 2.58. The zero-order valence-corrected chi connectivity index (χ0v) is 15.4. The van der Waals surface area contributed by atoms with E-state index >= 15 is 0 Å². The molecule has 0 saturated heterocycles. The Balaban J connectivity index is 2.07. The lowest BCUT2D eigenvalue weighted by Crippen LogP contribution is -2.55. The maximum Gasteiger partial charge on any atom is 0.306 e. The van der Waals surface area contributed by atoms with Gasteiger partial charge in [-0.15, -0.1) is 0 Å². The third-order valence-electron chi connectivity index (χ3n) is 6.95. The average Bonchev–Trinajstić information content (AvgIpc) is 2.93. The van der Waals surface area contributed by atoms with Gasteiger partial charge in [-0.25, -0.2) is 0 Å². The van der Waals surface area contributed by atoms with Gasteiger partial charge in [-0.05, 0) is 55.4 Å². The van der Waals surface area contributed by atoms with E-state index < -0.39 is 23.9 Å². The zero-order chi connectivity index (χ0) is 18.5. The summed E-state index contributed by atoms with van der Waals surface area (Å²) in [4.78, 5) is 24.3. The van der Waals surface area contributed by atoms with Gasteiger partial charge in [-0.2, -0.15) is 0 Å². The van der Waals surface area contributed by atoms with Gasteiger partial charge < -0.3 is 14.6 Å². The molecule has 2 aliphatic rings. The predicted octanol–water partition coefficient (Wildman–Crippen LogP) is 3.78. The van der Waals surface area contributed by atoms with Crippen LogP contribution in [0.1, 0.15) is 74.1 Å². The monoisotopic (exact) mass is 348 g/mol. The van der Waals surface area contributed by atoms with E-state index in [1.807, 2.05) is 6.92 Å². The van der Waals surface area contributed by atoms with Crippen LogP contribution < -0.4 is 0 Å². The zero-order valence-electron chi connectivity index (χ0n) is 15.4. The number of hydrogen-bond acceptors (Lipinski definition) is 4. The molecule has 0 spiro atoms. The van der Waals surface area contributed by atoms with Crippen molar-refractivity contribution in [2.75, 3.05) is 0 Å². The molecule has 3 rings (SSSR count). The van der Waals surface area contributed by atoms with Crippen molar-refractivity contribution < 1.29 is 24.2 Å². The van der Waals surface area contributed by atoms with Crippen LogP contribution in [-0.4, -0.2) is 28.1 Å². The Hall–Kier alpha value is -1.62. The Morgan fingerprint density at radius 1 is 1.44 bits per heavy atom. The predicted molar refractivity (Wildman–Crippen MR) is 92.6 cm³/mol. The number of aliphatic carboxylic acids is 1. The maximum atomic E-state index is 13.1. The van der Waals surface area contributed by atoms with Gasteiger partial charge in [-0.1, -0.05) is 20.8 Å². The van der Waals surface area contributed by atoms with E-state index in [-0.39, 0.29) is 23.0 Å². The first kappa shape index (κ1) is 18.2. The second-order valence-corrected chi connectivity index (χ2v) is 8.28. The summed E-state index contributed by atoms with van der Waals surface area (Å²) in [6, 6.07) is 0. The second kappa shape index (κ2) is 6.27. The number of aliphatic hydroxyl groups is 1. The van der Waals surface area contributed by atoms with Gasteiger partial charge in [0.1, 0.15) is 0 Å².